The maximum atomic E-state index is 14.5. The summed E-state index contributed by atoms with van der Waals surface area (Å²) in [5, 5.41) is 16.1. The molecular weight excluding hydrogens is 470 g/mol. The third-order valence-electron chi connectivity index (χ3n) is 6.29. The van der Waals surface area contributed by atoms with E-state index in [-0.39, 0.29) is 24.7 Å². The molecule has 0 unspecified atom stereocenters. The van der Waals surface area contributed by atoms with Crippen molar-refractivity contribution >= 4 is 28.6 Å². The first-order valence-electron chi connectivity index (χ1n) is 11.8. The van der Waals surface area contributed by atoms with E-state index >= 15 is 0 Å². The van der Waals surface area contributed by atoms with E-state index in [0.717, 1.165) is 22.9 Å². The second-order valence-corrected chi connectivity index (χ2v) is 8.77. The van der Waals surface area contributed by atoms with Crippen LogP contribution in [0.5, 0.6) is 5.75 Å². The summed E-state index contributed by atoms with van der Waals surface area (Å²) in [7, 11) is 0. The summed E-state index contributed by atoms with van der Waals surface area (Å²) in [6, 6.07) is 14.6. The Morgan fingerprint density at radius 2 is 1.50 bits per heavy atom. The minimum Gasteiger partial charge on any atom is -0.487 e. The normalized spacial score (nSPS) is 17.4. The topological polar surface area (TPSA) is 105 Å². The Kier molecular flexibility index (Phi) is 7.77. The number of amides is 2. The first kappa shape index (κ1) is 25.1. The molecule has 36 heavy (non-hydrogen) atoms. The lowest BCUT2D eigenvalue weighted by molar-refractivity contribution is -0.143. The Hall–Kier alpha value is -4.01. The molecular formula is C27H26F2N2O5. The highest BCUT2D eigenvalue weighted by molar-refractivity contribution is 5.98. The quantitative estimate of drug-likeness (QED) is 0.404. The lowest BCUT2D eigenvalue weighted by Crippen LogP contribution is -2.35. The lowest BCUT2D eigenvalue weighted by Gasteiger charge is -2.27. The van der Waals surface area contributed by atoms with Crippen LogP contribution in [0.15, 0.2) is 54.6 Å². The molecule has 2 amide bonds. The number of hydrogen-bond acceptors (Lipinski definition) is 4. The minimum absolute atomic E-state index is 0.0181. The van der Waals surface area contributed by atoms with Crippen LogP contribution in [0, 0.1) is 17.6 Å². The van der Waals surface area contributed by atoms with Crippen LogP contribution >= 0.6 is 0 Å². The molecule has 0 aliphatic heterocycles. The first-order chi connectivity index (χ1) is 17.3. The van der Waals surface area contributed by atoms with Crippen LogP contribution in [-0.2, 0) is 4.79 Å². The van der Waals surface area contributed by atoms with E-state index in [1.54, 1.807) is 12.1 Å². The van der Waals surface area contributed by atoms with Crippen molar-refractivity contribution < 1.29 is 33.0 Å². The van der Waals surface area contributed by atoms with Crippen LogP contribution in [0.1, 0.15) is 46.4 Å². The number of ether oxygens (including phenoxy) is 1. The number of hydrogen-bond donors (Lipinski definition) is 3. The average molecular weight is 497 g/mol. The fourth-order valence-corrected chi connectivity index (χ4v) is 4.28. The van der Waals surface area contributed by atoms with Gasteiger partial charge >= 0.3 is 5.97 Å². The van der Waals surface area contributed by atoms with Crippen LogP contribution in [0.25, 0.3) is 10.8 Å². The van der Waals surface area contributed by atoms with E-state index in [1.807, 2.05) is 30.3 Å². The molecule has 1 fully saturated rings. The summed E-state index contributed by atoms with van der Waals surface area (Å²) in [4.78, 5) is 35.8. The van der Waals surface area contributed by atoms with E-state index < -0.39 is 41.1 Å². The van der Waals surface area contributed by atoms with Gasteiger partial charge in [0.25, 0.3) is 11.8 Å². The van der Waals surface area contributed by atoms with Gasteiger partial charge in [0, 0.05) is 24.7 Å². The third kappa shape index (κ3) is 5.97. The molecule has 188 valence electrons. The summed E-state index contributed by atoms with van der Waals surface area (Å²) in [6.45, 7) is 0.117. The molecule has 1 aliphatic rings. The van der Waals surface area contributed by atoms with Gasteiger partial charge in [-0.1, -0.05) is 30.3 Å². The number of carboxylic acids is 1. The molecule has 0 saturated heterocycles. The van der Waals surface area contributed by atoms with Gasteiger partial charge in [0.15, 0.2) is 11.6 Å². The highest BCUT2D eigenvalue weighted by Gasteiger charge is 2.28. The van der Waals surface area contributed by atoms with Crippen LogP contribution in [0.4, 0.5) is 8.78 Å². The second-order valence-electron chi connectivity index (χ2n) is 8.77. The van der Waals surface area contributed by atoms with E-state index in [9.17, 15) is 23.2 Å². The highest BCUT2D eigenvalue weighted by atomic mass is 19.1. The van der Waals surface area contributed by atoms with Gasteiger partial charge in [0.05, 0.1) is 17.6 Å². The number of halogens is 2. The number of rotatable bonds is 8. The molecule has 0 radical (unpaired) electrons. The molecule has 3 aromatic carbocycles. The maximum Gasteiger partial charge on any atom is 0.306 e. The molecule has 0 heterocycles. The standard InChI is InChI=1S/C27H26F2N2O5/c28-22-15-24(36-20-9-7-17(8-10-20)27(34)35)23(29)14-21(22)26(33)31-12-11-30-25(32)19-6-5-16-3-1-2-4-18(16)13-19/h1-6,13-15,17,20H,7-12H2,(H,30,32)(H,31,33)(H,34,35). The Morgan fingerprint density at radius 1 is 0.833 bits per heavy atom. The Labute approximate surface area is 206 Å². The zero-order valence-corrected chi connectivity index (χ0v) is 19.4. The molecule has 4 rings (SSSR count). The van der Waals surface area contributed by atoms with Gasteiger partial charge in [0.1, 0.15) is 5.82 Å². The lowest BCUT2D eigenvalue weighted by atomic mass is 9.87. The van der Waals surface area contributed by atoms with E-state index in [1.165, 1.54) is 0 Å². The number of nitrogens with one attached hydrogen (secondary N) is 2. The van der Waals surface area contributed by atoms with Gasteiger partial charge in [-0.15, -0.1) is 0 Å². The predicted molar refractivity (Wildman–Crippen MR) is 129 cm³/mol. The van der Waals surface area contributed by atoms with Crippen LogP contribution < -0.4 is 15.4 Å². The molecule has 3 N–H and O–H groups in total. The van der Waals surface area contributed by atoms with Crippen molar-refractivity contribution in [2.24, 2.45) is 5.92 Å². The molecule has 9 heteroatoms. The summed E-state index contributed by atoms with van der Waals surface area (Å²) >= 11 is 0. The zero-order valence-electron chi connectivity index (χ0n) is 19.4. The van der Waals surface area contributed by atoms with Gasteiger partial charge in [-0.25, -0.2) is 8.78 Å². The van der Waals surface area contributed by atoms with Gasteiger partial charge < -0.3 is 20.5 Å². The number of aliphatic carboxylic acids is 1. The van der Waals surface area contributed by atoms with Gasteiger partial charge in [0.2, 0.25) is 0 Å². The van der Waals surface area contributed by atoms with Crippen LogP contribution in [0.3, 0.4) is 0 Å². The second kappa shape index (κ2) is 11.2. The van der Waals surface area contributed by atoms with Crippen LogP contribution in [0.2, 0.25) is 0 Å². The van der Waals surface area contributed by atoms with Crippen molar-refractivity contribution in [2.75, 3.05) is 13.1 Å². The van der Waals surface area contributed by atoms with E-state index in [0.29, 0.717) is 31.2 Å². The summed E-state index contributed by atoms with van der Waals surface area (Å²) in [5.74, 6) is -4.59. The zero-order chi connectivity index (χ0) is 25.7. The Morgan fingerprint density at radius 3 is 2.19 bits per heavy atom. The van der Waals surface area contributed by atoms with Crippen LogP contribution in [-0.4, -0.2) is 42.1 Å². The fourth-order valence-electron chi connectivity index (χ4n) is 4.28. The molecule has 7 nitrogen and oxygen atoms in total. The molecule has 0 bridgehead atoms. The van der Waals surface area contributed by atoms with Crippen molar-refractivity contribution in [3.05, 3.63) is 77.4 Å². The van der Waals surface area contributed by atoms with Gasteiger partial charge in [-0.2, -0.15) is 0 Å². The van der Waals surface area contributed by atoms with E-state index in [2.05, 4.69) is 10.6 Å². The smallest absolute Gasteiger partial charge is 0.306 e. The SMILES string of the molecule is O=C(NCCNC(=O)c1cc(F)c(OC2CCC(C(=O)O)CC2)cc1F)c1ccc2ccccc2c1. The Balaban J connectivity index is 1.27. The van der Waals surface area contributed by atoms with Gasteiger partial charge in [-0.05, 0) is 54.7 Å². The summed E-state index contributed by atoms with van der Waals surface area (Å²) in [5.41, 5.74) is -0.00420. The molecule has 0 atom stereocenters. The number of carboxylic acid groups (broad SMARTS) is 1. The summed E-state index contributed by atoms with van der Waals surface area (Å²) < 4.78 is 34.6. The molecule has 3 aromatic rings. The van der Waals surface area contributed by atoms with Crippen molar-refractivity contribution in [2.45, 2.75) is 31.8 Å². The fraction of sp³-hybridized carbons (Fsp3) is 0.296. The number of benzene rings is 3. The number of carbonyl (C=O) groups excluding carboxylic acids is 2. The number of carbonyl (C=O) groups is 3. The minimum atomic E-state index is -0.941. The Bertz CT molecular complexity index is 1290. The summed E-state index contributed by atoms with van der Waals surface area (Å²) in [6.07, 6.45) is 1.24. The highest BCUT2D eigenvalue weighted by Crippen LogP contribution is 2.30. The van der Waals surface area contributed by atoms with Gasteiger partial charge in [-0.3, -0.25) is 14.4 Å². The molecule has 0 aromatic heterocycles. The monoisotopic (exact) mass is 496 g/mol. The first-order valence-corrected chi connectivity index (χ1v) is 11.8. The van der Waals surface area contributed by atoms with Crippen molar-refractivity contribution in [3.8, 4) is 5.75 Å². The largest absolute Gasteiger partial charge is 0.487 e. The predicted octanol–water partition coefficient (Wildman–Crippen LogP) is 4.30. The molecule has 1 saturated carbocycles. The van der Waals surface area contributed by atoms with Crippen molar-refractivity contribution in [3.63, 3.8) is 0 Å². The third-order valence-corrected chi connectivity index (χ3v) is 6.29. The van der Waals surface area contributed by atoms with Crippen molar-refractivity contribution in [1.82, 2.24) is 10.6 Å². The number of fused-ring (bicyclic) bond motifs is 1. The molecule has 1 aliphatic carbocycles. The maximum absolute atomic E-state index is 14.5. The average Bonchev–Trinajstić information content (AvgIpc) is 2.88. The van der Waals surface area contributed by atoms with E-state index in [4.69, 9.17) is 9.84 Å². The molecule has 0 spiro atoms. The van der Waals surface area contributed by atoms with Crippen molar-refractivity contribution in [1.29, 1.82) is 0 Å².